The topological polar surface area (TPSA) is 76.7 Å². The number of aromatic nitrogens is 3. The zero-order valence-corrected chi connectivity index (χ0v) is 10.5. The van der Waals surface area contributed by atoms with E-state index in [4.69, 9.17) is 5.73 Å². The summed E-state index contributed by atoms with van der Waals surface area (Å²) in [5.41, 5.74) is 5.86. The Balaban J connectivity index is 2.12. The number of hydrogen-bond donors (Lipinski definition) is 2. The number of H-pyrrole nitrogens is 1. The van der Waals surface area contributed by atoms with Crippen molar-refractivity contribution in [2.24, 2.45) is 11.7 Å². The predicted octanol–water partition coefficient (Wildman–Crippen LogP) is 0.809. The lowest BCUT2D eigenvalue weighted by Gasteiger charge is -2.16. The lowest BCUT2D eigenvalue weighted by Crippen LogP contribution is -2.26. The summed E-state index contributed by atoms with van der Waals surface area (Å²) in [5.74, 6) is 0.488. The Hall–Kier alpha value is -0.750. The summed E-state index contributed by atoms with van der Waals surface area (Å²) in [4.78, 5) is 11.4. The average Bonchev–Trinajstić information content (AvgIpc) is 2.76. The summed E-state index contributed by atoms with van der Waals surface area (Å²) in [6.07, 6.45) is 2.18. The summed E-state index contributed by atoms with van der Waals surface area (Å²) < 4.78 is 1.67. The summed E-state index contributed by atoms with van der Waals surface area (Å²) >= 11 is 1.68. The van der Waals surface area contributed by atoms with Crippen molar-refractivity contribution in [3.63, 3.8) is 0 Å². The third kappa shape index (κ3) is 2.04. The molecule has 6 heteroatoms. The molecule has 3 N–H and O–H groups in total. The SMILES string of the molecule is CCn1c(SC2CCC(N)C2C)n[nH]c1=O. The Kier molecular flexibility index (Phi) is 3.39. The highest BCUT2D eigenvalue weighted by molar-refractivity contribution is 7.99. The van der Waals surface area contributed by atoms with Crippen LogP contribution in [0.1, 0.15) is 26.7 Å². The van der Waals surface area contributed by atoms with Gasteiger partial charge in [-0.25, -0.2) is 9.89 Å². The summed E-state index contributed by atoms with van der Waals surface area (Å²) in [6, 6.07) is 0.290. The molecule has 16 heavy (non-hydrogen) atoms. The lowest BCUT2D eigenvalue weighted by atomic mass is 10.1. The molecule has 0 radical (unpaired) electrons. The molecule has 5 nitrogen and oxygen atoms in total. The van der Waals surface area contributed by atoms with Crippen LogP contribution in [-0.4, -0.2) is 26.1 Å². The Labute approximate surface area is 98.8 Å². The van der Waals surface area contributed by atoms with E-state index in [0.29, 0.717) is 23.8 Å². The molecular weight excluding hydrogens is 224 g/mol. The van der Waals surface area contributed by atoms with Gasteiger partial charge in [-0.1, -0.05) is 18.7 Å². The smallest absolute Gasteiger partial charge is 0.327 e. The minimum Gasteiger partial charge on any atom is -0.327 e. The second-order valence-corrected chi connectivity index (χ2v) is 5.52. The number of thioether (sulfide) groups is 1. The molecule has 0 aromatic carbocycles. The number of nitrogens with two attached hydrogens (primary N) is 1. The van der Waals surface area contributed by atoms with E-state index in [-0.39, 0.29) is 5.69 Å². The van der Waals surface area contributed by atoms with Crippen molar-refractivity contribution in [3.8, 4) is 0 Å². The molecule has 1 aliphatic rings. The van der Waals surface area contributed by atoms with Crippen molar-refractivity contribution in [2.45, 2.75) is 49.7 Å². The Morgan fingerprint density at radius 1 is 1.62 bits per heavy atom. The van der Waals surface area contributed by atoms with E-state index < -0.39 is 0 Å². The van der Waals surface area contributed by atoms with Crippen LogP contribution in [0.4, 0.5) is 0 Å². The molecule has 1 heterocycles. The molecule has 0 aliphatic heterocycles. The first kappa shape index (κ1) is 11.7. The number of aromatic amines is 1. The van der Waals surface area contributed by atoms with Gasteiger partial charge in [0.2, 0.25) is 0 Å². The van der Waals surface area contributed by atoms with E-state index in [9.17, 15) is 4.79 Å². The Morgan fingerprint density at radius 3 is 2.94 bits per heavy atom. The van der Waals surface area contributed by atoms with Crippen molar-refractivity contribution in [2.75, 3.05) is 0 Å². The minimum atomic E-state index is -0.125. The van der Waals surface area contributed by atoms with Crippen molar-refractivity contribution in [1.29, 1.82) is 0 Å². The first-order valence-corrected chi connectivity index (χ1v) is 6.59. The Morgan fingerprint density at radius 2 is 2.38 bits per heavy atom. The second-order valence-electron chi connectivity index (χ2n) is 4.31. The van der Waals surface area contributed by atoms with E-state index in [2.05, 4.69) is 17.1 Å². The monoisotopic (exact) mass is 242 g/mol. The molecule has 0 spiro atoms. The fourth-order valence-electron chi connectivity index (χ4n) is 2.13. The van der Waals surface area contributed by atoms with E-state index >= 15 is 0 Å². The van der Waals surface area contributed by atoms with Gasteiger partial charge in [-0.15, -0.1) is 5.10 Å². The van der Waals surface area contributed by atoms with Crippen LogP contribution in [0.15, 0.2) is 9.95 Å². The largest absolute Gasteiger partial charge is 0.343 e. The quantitative estimate of drug-likeness (QED) is 0.822. The van der Waals surface area contributed by atoms with Gasteiger partial charge in [0.1, 0.15) is 0 Å². The third-order valence-corrected chi connectivity index (χ3v) is 4.83. The van der Waals surface area contributed by atoms with Crippen LogP contribution in [0, 0.1) is 5.92 Å². The van der Waals surface area contributed by atoms with Gasteiger partial charge in [-0.2, -0.15) is 0 Å². The zero-order chi connectivity index (χ0) is 11.7. The fraction of sp³-hybridized carbons (Fsp3) is 0.800. The van der Waals surface area contributed by atoms with Gasteiger partial charge in [-0.3, -0.25) is 4.57 Å². The van der Waals surface area contributed by atoms with Gasteiger partial charge in [0, 0.05) is 17.8 Å². The van der Waals surface area contributed by atoms with Crippen molar-refractivity contribution < 1.29 is 0 Å². The molecule has 1 aliphatic carbocycles. The maximum Gasteiger partial charge on any atom is 0.343 e. The predicted molar refractivity (Wildman–Crippen MR) is 64.5 cm³/mol. The zero-order valence-electron chi connectivity index (χ0n) is 9.64. The van der Waals surface area contributed by atoms with Crippen LogP contribution < -0.4 is 11.4 Å². The number of rotatable bonds is 3. The van der Waals surface area contributed by atoms with Crippen LogP contribution in [0.5, 0.6) is 0 Å². The molecule has 1 aromatic heterocycles. The molecule has 1 aromatic rings. The highest BCUT2D eigenvalue weighted by Gasteiger charge is 2.32. The van der Waals surface area contributed by atoms with Crippen LogP contribution in [0.2, 0.25) is 0 Å². The van der Waals surface area contributed by atoms with E-state index in [0.717, 1.165) is 18.0 Å². The summed E-state index contributed by atoms with van der Waals surface area (Å²) in [6.45, 7) is 4.78. The molecule has 0 amide bonds. The molecule has 2 rings (SSSR count). The van der Waals surface area contributed by atoms with E-state index in [1.54, 1.807) is 16.3 Å². The highest BCUT2D eigenvalue weighted by Crippen LogP contribution is 2.36. The third-order valence-electron chi connectivity index (χ3n) is 3.34. The maximum absolute atomic E-state index is 11.4. The van der Waals surface area contributed by atoms with Gasteiger partial charge in [0.25, 0.3) is 0 Å². The molecule has 3 unspecified atom stereocenters. The first-order chi connectivity index (χ1) is 7.63. The lowest BCUT2D eigenvalue weighted by molar-refractivity contribution is 0.533. The van der Waals surface area contributed by atoms with Gasteiger partial charge in [0.05, 0.1) is 0 Å². The number of nitrogens with zero attached hydrogens (tertiary/aromatic N) is 2. The molecule has 1 saturated carbocycles. The maximum atomic E-state index is 11.4. The first-order valence-electron chi connectivity index (χ1n) is 5.71. The molecule has 0 saturated heterocycles. The van der Waals surface area contributed by atoms with Gasteiger partial charge in [0.15, 0.2) is 5.16 Å². The average molecular weight is 242 g/mol. The highest BCUT2D eigenvalue weighted by atomic mass is 32.2. The van der Waals surface area contributed by atoms with Crippen molar-refractivity contribution in [1.82, 2.24) is 14.8 Å². The number of hydrogen-bond acceptors (Lipinski definition) is 4. The van der Waals surface area contributed by atoms with Crippen molar-refractivity contribution >= 4 is 11.8 Å². The summed E-state index contributed by atoms with van der Waals surface area (Å²) in [7, 11) is 0. The molecule has 3 atom stereocenters. The van der Waals surface area contributed by atoms with Crippen LogP contribution in [0.25, 0.3) is 0 Å². The fourth-order valence-corrected chi connectivity index (χ4v) is 3.51. The molecule has 1 fully saturated rings. The van der Waals surface area contributed by atoms with Crippen molar-refractivity contribution in [3.05, 3.63) is 10.5 Å². The second kappa shape index (κ2) is 4.63. The molecular formula is C10H18N4OS. The van der Waals surface area contributed by atoms with E-state index in [1.807, 2.05) is 6.92 Å². The van der Waals surface area contributed by atoms with Crippen LogP contribution in [0.3, 0.4) is 0 Å². The van der Waals surface area contributed by atoms with E-state index in [1.165, 1.54) is 0 Å². The van der Waals surface area contributed by atoms with Crippen LogP contribution >= 0.6 is 11.8 Å². The van der Waals surface area contributed by atoms with Crippen LogP contribution in [-0.2, 0) is 6.54 Å². The van der Waals surface area contributed by atoms with Gasteiger partial charge < -0.3 is 5.73 Å². The normalized spacial score (nSPS) is 29.8. The number of nitrogens with one attached hydrogen (secondary N) is 1. The minimum absolute atomic E-state index is 0.125. The molecule has 0 bridgehead atoms. The standard InChI is InChI=1S/C10H18N4OS/c1-3-14-9(15)12-13-10(14)16-8-5-4-7(11)6(8)2/h6-8H,3-5,11H2,1-2H3,(H,12,15). The Bertz CT molecular complexity index is 413. The van der Waals surface area contributed by atoms with Gasteiger partial charge >= 0.3 is 5.69 Å². The molecule has 90 valence electrons. The van der Waals surface area contributed by atoms with Gasteiger partial charge in [-0.05, 0) is 25.7 Å². The summed E-state index contributed by atoms with van der Waals surface area (Å²) in [5, 5.41) is 7.82.